The summed E-state index contributed by atoms with van der Waals surface area (Å²) >= 11 is 0. The molecule has 1 saturated carbocycles. The highest BCUT2D eigenvalue weighted by Crippen LogP contribution is 2.68. The maximum atomic E-state index is 7.43. The molecule has 6 unspecified atom stereocenters. The van der Waals surface area contributed by atoms with Crippen LogP contribution in [0.1, 0.15) is 69.0 Å². The Morgan fingerprint density at radius 1 is 1.08 bits per heavy atom. The van der Waals surface area contributed by atoms with Crippen LogP contribution in [0.3, 0.4) is 0 Å². The number of piperidine rings is 1. The molecule has 1 aromatic heterocycles. The molecule has 1 spiro atoms. The van der Waals surface area contributed by atoms with Gasteiger partial charge in [0.15, 0.2) is 0 Å². The number of hydrogen-bond donors (Lipinski definition) is 0. The van der Waals surface area contributed by atoms with E-state index < -0.39 is 0 Å². The smallest absolute Gasteiger partial charge is 0.226 e. The Kier molecular flexibility index (Phi) is 5.15. The van der Waals surface area contributed by atoms with Crippen molar-refractivity contribution in [3.8, 4) is 0 Å². The van der Waals surface area contributed by atoms with Crippen molar-refractivity contribution in [2.45, 2.75) is 95.9 Å². The summed E-state index contributed by atoms with van der Waals surface area (Å²) < 4.78 is 7.43. The Bertz CT molecular complexity index is 1160. The number of hydrogen-bond acceptors (Lipinski definition) is 5. The maximum Gasteiger partial charge on any atom is 0.226 e. The summed E-state index contributed by atoms with van der Waals surface area (Å²) in [4.78, 5) is 15.2. The fraction of sp³-hybridized carbons (Fsp3) is 0.677. The lowest BCUT2D eigenvalue weighted by Crippen LogP contribution is -2.70. The molecule has 4 heterocycles. The third kappa shape index (κ3) is 3.02. The van der Waals surface area contributed by atoms with E-state index >= 15 is 0 Å². The first-order valence-corrected chi connectivity index (χ1v) is 14.5. The van der Waals surface area contributed by atoms with Gasteiger partial charge >= 0.3 is 0 Å². The van der Waals surface area contributed by atoms with Crippen molar-refractivity contribution in [1.29, 1.82) is 0 Å². The van der Waals surface area contributed by atoms with Crippen molar-refractivity contribution < 1.29 is 4.74 Å². The van der Waals surface area contributed by atoms with Crippen molar-refractivity contribution >= 4 is 5.95 Å². The van der Waals surface area contributed by atoms with Crippen molar-refractivity contribution in [2.75, 3.05) is 24.5 Å². The van der Waals surface area contributed by atoms with Crippen LogP contribution < -0.4 is 4.90 Å². The summed E-state index contributed by atoms with van der Waals surface area (Å²) in [7, 11) is 0. The highest BCUT2D eigenvalue weighted by Gasteiger charge is 2.76. The predicted octanol–water partition coefficient (Wildman–Crippen LogP) is 5.08. The summed E-state index contributed by atoms with van der Waals surface area (Å²) in [6, 6.07) is 12.3. The third-order valence-electron chi connectivity index (χ3n) is 10.7. The van der Waals surface area contributed by atoms with Gasteiger partial charge in [-0.3, -0.25) is 4.90 Å². The zero-order chi connectivity index (χ0) is 24.8. The van der Waals surface area contributed by atoms with Crippen molar-refractivity contribution in [3.63, 3.8) is 0 Å². The predicted molar refractivity (Wildman–Crippen MR) is 143 cm³/mol. The largest absolute Gasteiger partial charge is 0.367 e. The second kappa shape index (κ2) is 8.01. The molecule has 36 heavy (non-hydrogen) atoms. The average Bonchev–Trinajstić information content (AvgIpc) is 3.41. The minimum absolute atomic E-state index is 0.0428. The number of ether oxygens (including phenoxy) is 1. The summed E-state index contributed by atoms with van der Waals surface area (Å²) in [6.45, 7) is 14.8. The molecule has 4 fully saturated rings. The van der Waals surface area contributed by atoms with E-state index in [9.17, 15) is 0 Å². The Hall–Kier alpha value is -1.98. The lowest BCUT2D eigenvalue weighted by atomic mass is 9.52. The molecule has 2 aliphatic carbocycles. The zero-order valence-corrected chi connectivity index (χ0v) is 22.7. The Morgan fingerprint density at radius 2 is 1.83 bits per heavy atom. The molecule has 3 saturated heterocycles. The number of rotatable bonds is 5. The molecule has 0 bridgehead atoms. The zero-order valence-electron chi connectivity index (χ0n) is 22.7. The topological polar surface area (TPSA) is 41.5 Å². The van der Waals surface area contributed by atoms with Crippen molar-refractivity contribution in [1.82, 2.24) is 14.9 Å². The van der Waals surface area contributed by atoms with E-state index in [0.717, 1.165) is 42.6 Å². The van der Waals surface area contributed by atoms with E-state index in [4.69, 9.17) is 14.7 Å². The summed E-state index contributed by atoms with van der Waals surface area (Å²) in [5.74, 6) is 2.87. The molecule has 7 atom stereocenters. The minimum Gasteiger partial charge on any atom is -0.367 e. The fourth-order valence-corrected chi connectivity index (χ4v) is 9.21. The molecule has 192 valence electrons. The third-order valence-corrected chi connectivity index (χ3v) is 10.7. The number of benzene rings is 1. The number of nitrogens with zero attached hydrogens (tertiary/aromatic N) is 4. The van der Waals surface area contributed by atoms with Gasteiger partial charge in [0.2, 0.25) is 5.95 Å². The van der Waals surface area contributed by atoms with Gasteiger partial charge in [-0.15, -0.1) is 0 Å². The highest BCUT2D eigenvalue weighted by molar-refractivity contribution is 5.52. The van der Waals surface area contributed by atoms with Crippen LogP contribution in [-0.2, 0) is 16.6 Å². The monoisotopic (exact) mass is 486 g/mol. The molecule has 0 radical (unpaired) electrons. The summed E-state index contributed by atoms with van der Waals surface area (Å²) in [6.07, 6.45) is 6.54. The van der Waals surface area contributed by atoms with Gasteiger partial charge in [0.25, 0.3) is 0 Å². The molecular weight excluding hydrogens is 444 g/mol. The van der Waals surface area contributed by atoms with Crippen LogP contribution in [-0.4, -0.2) is 58.3 Å². The molecule has 0 amide bonds. The van der Waals surface area contributed by atoms with Crippen LogP contribution in [0.2, 0.25) is 0 Å². The molecule has 2 aromatic rings. The molecule has 7 rings (SSSR count). The fourth-order valence-electron chi connectivity index (χ4n) is 9.21. The number of aryl methyl sites for hydroxylation is 2. The Labute approximate surface area is 216 Å². The quantitative estimate of drug-likeness (QED) is 0.590. The van der Waals surface area contributed by atoms with Crippen LogP contribution in [0.5, 0.6) is 0 Å². The summed E-state index contributed by atoms with van der Waals surface area (Å²) in [5, 5.41) is 0. The van der Waals surface area contributed by atoms with E-state index in [0.29, 0.717) is 23.9 Å². The number of fused-ring (bicyclic) bond motifs is 2. The van der Waals surface area contributed by atoms with Crippen LogP contribution in [0.25, 0.3) is 0 Å². The van der Waals surface area contributed by atoms with Gasteiger partial charge in [0, 0.05) is 54.4 Å². The normalized spacial score (nSPS) is 39.1. The second-order valence-corrected chi connectivity index (χ2v) is 12.7. The minimum atomic E-state index is -0.186. The highest BCUT2D eigenvalue weighted by atomic mass is 16.5. The van der Waals surface area contributed by atoms with Gasteiger partial charge < -0.3 is 9.64 Å². The molecule has 5 nitrogen and oxygen atoms in total. The van der Waals surface area contributed by atoms with E-state index in [1.165, 1.54) is 32.4 Å². The summed E-state index contributed by atoms with van der Waals surface area (Å²) in [5.41, 5.74) is 5.12. The standard InChI is InChI=1S/C31H42N4O/c1-6-9-26-28-27(18-35(26)29-32-19(2)14-20(3)33-29)36-30(5)21(4)34(16-22-12-13-22)17-24-15-23-10-7-8-11-25(23)31(24,28)30/h7-8,10-11,14,21-22,24,26-28H,6,9,12-13,15-18H2,1-5H3/t21?,24?,26?,27-,28?,30?,31?/m1/s1. The Balaban J connectivity index is 1.37. The van der Waals surface area contributed by atoms with E-state index in [1.807, 2.05) is 0 Å². The number of likely N-dealkylation sites (tertiary alicyclic amines) is 1. The van der Waals surface area contributed by atoms with Crippen LogP contribution in [0.4, 0.5) is 5.95 Å². The van der Waals surface area contributed by atoms with E-state index in [1.54, 1.807) is 11.1 Å². The molecule has 5 heteroatoms. The van der Waals surface area contributed by atoms with Crippen LogP contribution in [0, 0.1) is 31.6 Å². The molecule has 0 N–H and O–H groups in total. The van der Waals surface area contributed by atoms with Gasteiger partial charge in [0.05, 0.1) is 11.7 Å². The van der Waals surface area contributed by atoms with E-state index in [-0.39, 0.29) is 17.1 Å². The molecule has 1 aromatic carbocycles. The van der Waals surface area contributed by atoms with Crippen LogP contribution in [0.15, 0.2) is 30.3 Å². The SMILES string of the molecule is CCCC1C2[C@@H](CN1c1nc(C)cc(C)n1)OC1(C)C(C)N(CC3CC3)CC3Cc4ccccc4C321. The second-order valence-electron chi connectivity index (χ2n) is 12.7. The maximum absolute atomic E-state index is 7.43. The Morgan fingerprint density at radius 3 is 2.56 bits per heavy atom. The first kappa shape index (κ1) is 23.2. The average molecular weight is 487 g/mol. The van der Waals surface area contributed by atoms with Gasteiger partial charge in [-0.1, -0.05) is 37.6 Å². The van der Waals surface area contributed by atoms with Crippen molar-refractivity contribution in [3.05, 3.63) is 52.8 Å². The van der Waals surface area contributed by atoms with Gasteiger partial charge in [-0.2, -0.15) is 0 Å². The first-order chi connectivity index (χ1) is 17.4. The number of anilines is 1. The lowest BCUT2D eigenvalue weighted by molar-refractivity contribution is -0.143. The molecule has 5 aliphatic rings. The lowest BCUT2D eigenvalue weighted by Gasteiger charge is -2.59. The first-order valence-electron chi connectivity index (χ1n) is 14.5. The number of aromatic nitrogens is 2. The molecule has 3 aliphatic heterocycles. The van der Waals surface area contributed by atoms with Gasteiger partial charge in [-0.05, 0) is 82.4 Å². The van der Waals surface area contributed by atoms with Crippen LogP contribution >= 0.6 is 0 Å². The van der Waals surface area contributed by atoms with Gasteiger partial charge in [-0.25, -0.2) is 9.97 Å². The van der Waals surface area contributed by atoms with Crippen molar-refractivity contribution in [2.24, 2.45) is 17.8 Å². The van der Waals surface area contributed by atoms with E-state index in [2.05, 4.69) is 74.8 Å². The molecular formula is C31H42N4O. The van der Waals surface area contributed by atoms with Gasteiger partial charge in [0.1, 0.15) is 0 Å².